The van der Waals surface area contributed by atoms with E-state index in [2.05, 4.69) is 10.2 Å². The summed E-state index contributed by atoms with van der Waals surface area (Å²) in [6.07, 6.45) is -4.73. The number of halogens is 6. The summed E-state index contributed by atoms with van der Waals surface area (Å²) in [5.41, 5.74) is -3.40. The second kappa shape index (κ2) is 7.19. The predicted octanol–water partition coefficient (Wildman–Crippen LogP) is 3.80. The molecule has 0 spiro atoms. The summed E-state index contributed by atoms with van der Waals surface area (Å²) >= 11 is 0. The van der Waals surface area contributed by atoms with Gasteiger partial charge >= 0.3 is 11.8 Å². The molecule has 0 amide bonds. The van der Waals surface area contributed by atoms with Crippen LogP contribution in [0.5, 0.6) is 0 Å². The van der Waals surface area contributed by atoms with Crippen LogP contribution in [0.15, 0.2) is 51.5 Å². The quantitative estimate of drug-likeness (QED) is 0.647. The Morgan fingerprint density at radius 1 is 0.871 bits per heavy atom. The highest BCUT2D eigenvalue weighted by atomic mass is 32.2. The first-order valence-electron chi connectivity index (χ1n) is 8.97. The Balaban J connectivity index is 1.49. The van der Waals surface area contributed by atoms with Crippen molar-refractivity contribution in [3.8, 4) is 0 Å². The number of hydrogen-bond donors (Lipinski definition) is 0. The molecule has 166 valence electrons. The number of sulfonamides is 1. The van der Waals surface area contributed by atoms with Crippen molar-refractivity contribution in [1.29, 1.82) is 0 Å². The molecule has 6 nitrogen and oxygen atoms in total. The van der Waals surface area contributed by atoms with Crippen molar-refractivity contribution in [2.45, 2.75) is 16.7 Å². The van der Waals surface area contributed by atoms with Gasteiger partial charge in [0.25, 0.3) is 0 Å². The normalized spacial score (nSPS) is 19.0. The Morgan fingerprint density at radius 2 is 1.39 bits per heavy atom. The molecule has 2 aromatic rings. The van der Waals surface area contributed by atoms with E-state index >= 15 is 0 Å². The van der Waals surface area contributed by atoms with Crippen LogP contribution in [-0.4, -0.2) is 45.1 Å². The number of piperazine rings is 1. The summed E-state index contributed by atoms with van der Waals surface area (Å²) < 4.78 is 107. The largest absolute Gasteiger partial charge is 0.442 e. The molecule has 31 heavy (non-hydrogen) atoms. The highest BCUT2D eigenvalue weighted by Gasteiger charge is 2.65. The highest BCUT2D eigenvalue weighted by Crippen LogP contribution is 2.52. The van der Waals surface area contributed by atoms with Gasteiger partial charge in [0.15, 0.2) is 11.6 Å². The van der Waals surface area contributed by atoms with E-state index in [0.717, 1.165) is 28.6 Å². The minimum absolute atomic E-state index is 0.0638. The van der Waals surface area contributed by atoms with E-state index in [9.17, 15) is 34.8 Å². The Kier molecular flexibility index (Phi) is 5.00. The first kappa shape index (κ1) is 21.6. The first-order chi connectivity index (χ1) is 14.5. The third kappa shape index (κ3) is 3.65. The Morgan fingerprint density at radius 3 is 1.84 bits per heavy atom. The van der Waals surface area contributed by atoms with Crippen molar-refractivity contribution in [2.75, 3.05) is 31.1 Å². The molecule has 0 N–H and O–H groups in total. The topological polar surface area (TPSA) is 65.3 Å². The minimum Gasteiger partial charge on any atom is -0.364 e. The van der Waals surface area contributed by atoms with E-state index < -0.39 is 45.0 Å². The van der Waals surface area contributed by atoms with E-state index in [1.54, 1.807) is 0 Å². The van der Waals surface area contributed by atoms with Crippen molar-refractivity contribution in [3.05, 3.63) is 59.4 Å². The molecule has 2 heterocycles. The van der Waals surface area contributed by atoms with Crippen molar-refractivity contribution < 1.29 is 34.8 Å². The number of benzene rings is 2. The number of rotatable bonds is 4. The van der Waals surface area contributed by atoms with Gasteiger partial charge in [0.1, 0.15) is 11.5 Å². The van der Waals surface area contributed by atoms with E-state index in [-0.39, 0.29) is 36.6 Å². The third-order valence-corrected chi connectivity index (χ3v) is 7.04. The fourth-order valence-corrected chi connectivity index (χ4v) is 4.86. The molecule has 1 saturated heterocycles. The van der Waals surface area contributed by atoms with Crippen LogP contribution in [-0.2, 0) is 15.7 Å². The molecule has 0 aromatic heterocycles. The van der Waals surface area contributed by atoms with E-state index in [1.165, 1.54) is 4.90 Å². The maximum absolute atomic E-state index is 14.0. The molecule has 4 rings (SSSR count). The van der Waals surface area contributed by atoms with Gasteiger partial charge < -0.3 is 4.90 Å². The number of anilines is 1. The van der Waals surface area contributed by atoms with Gasteiger partial charge in [-0.3, -0.25) is 0 Å². The van der Waals surface area contributed by atoms with Gasteiger partial charge in [0, 0.05) is 43.9 Å². The van der Waals surface area contributed by atoms with Crippen molar-refractivity contribution in [1.82, 2.24) is 4.31 Å². The second-order valence-corrected chi connectivity index (χ2v) is 8.94. The van der Waals surface area contributed by atoms with Gasteiger partial charge in [-0.2, -0.15) is 17.5 Å². The standard InChI is InChI=1S/C18H14F6N4O2S/c19-12-9-14(20)16(15(21)10-12)27-5-7-28(8-6-27)31(29,30)13-3-1-11(2-4-13)17(25-26-17)18(22,23)24/h1-4,9-10H,5-8H2. The lowest BCUT2D eigenvalue weighted by Gasteiger charge is -2.35. The van der Waals surface area contributed by atoms with E-state index in [1.807, 2.05) is 0 Å². The molecule has 2 aromatic carbocycles. The minimum atomic E-state index is -4.73. The van der Waals surface area contributed by atoms with Crippen LogP contribution in [0.1, 0.15) is 5.56 Å². The number of nitrogens with zero attached hydrogens (tertiary/aromatic N) is 4. The van der Waals surface area contributed by atoms with Crippen molar-refractivity contribution in [3.63, 3.8) is 0 Å². The fourth-order valence-electron chi connectivity index (χ4n) is 3.44. The lowest BCUT2D eigenvalue weighted by molar-refractivity contribution is -0.166. The lowest BCUT2D eigenvalue weighted by Crippen LogP contribution is -2.49. The van der Waals surface area contributed by atoms with Crippen LogP contribution >= 0.6 is 0 Å². The maximum Gasteiger partial charge on any atom is 0.442 e. The Hall–Kier alpha value is -2.67. The smallest absolute Gasteiger partial charge is 0.364 e. The van der Waals surface area contributed by atoms with Crippen LogP contribution in [0, 0.1) is 17.5 Å². The average Bonchev–Trinajstić information content (AvgIpc) is 3.50. The molecule has 0 aliphatic carbocycles. The molecule has 1 fully saturated rings. The van der Waals surface area contributed by atoms with Gasteiger partial charge in [0.05, 0.1) is 4.90 Å². The summed E-state index contributed by atoms with van der Waals surface area (Å²) in [7, 11) is -4.06. The lowest BCUT2D eigenvalue weighted by atomic mass is 10.0. The first-order valence-corrected chi connectivity index (χ1v) is 10.4. The van der Waals surface area contributed by atoms with Gasteiger partial charge in [-0.05, 0) is 12.1 Å². The predicted molar refractivity (Wildman–Crippen MR) is 96.3 cm³/mol. The zero-order chi connectivity index (χ0) is 22.6. The number of hydrogen-bond acceptors (Lipinski definition) is 5. The van der Waals surface area contributed by atoms with Gasteiger partial charge in [0.2, 0.25) is 10.0 Å². The summed E-state index contributed by atoms with van der Waals surface area (Å²) in [5.74, 6) is -3.26. The average molecular weight is 464 g/mol. The van der Waals surface area contributed by atoms with Gasteiger partial charge in [-0.25, -0.2) is 21.6 Å². The van der Waals surface area contributed by atoms with Crippen molar-refractivity contribution in [2.24, 2.45) is 10.2 Å². The molecule has 2 aliphatic rings. The molecular weight excluding hydrogens is 450 g/mol. The molecule has 0 unspecified atom stereocenters. The molecule has 0 bridgehead atoms. The Labute approximate surface area is 172 Å². The fraction of sp³-hybridized carbons (Fsp3) is 0.333. The summed E-state index contributed by atoms with van der Waals surface area (Å²) in [5, 5.41) is 6.13. The Bertz CT molecular complexity index is 1110. The summed E-state index contributed by atoms with van der Waals surface area (Å²) in [6.45, 7) is -0.382. The summed E-state index contributed by atoms with van der Waals surface area (Å²) in [4.78, 5) is 1.03. The van der Waals surface area contributed by atoms with Crippen LogP contribution in [0.25, 0.3) is 0 Å². The molecule has 2 aliphatic heterocycles. The van der Waals surface area contributed by atoms with Crippen molar-refractivity contribution >= 4 is 15.7 Å². The summed E-state index contributed by atoms with van der Waals surface area (Å²) in [6, 6.07) is 5.14. The number of alkyl halides is 3. The van der Waals surface area contributed by atoms with E-state index in [0.29, 0.717) is 12.1 Å². The van der Waals surface area contributed by atoms with Gasteiger partial charge in [-0.15, -0.1) is 10.2 Å². The molecule has 0 atom stereocenters. The van der Waals surface area contributed by atoms with Crippen LogP contribution in [0.3, 0.4) is 0 Å². The zero-order valence-corrected chi connectivity index (χ0v) is 16.4. The van der Waals surface area contributed by atoms with E-state index in [4.69, 9.17) is 0 Å². The van der Waals surface area contributed by atoms with Crippen LogP contribution in [0.4, 0.5) is 32.0 Å². The zero-order valence-electron chi connectivity index (χ0n) is 15.6. The molecular formula is C18H14F6N4O2S. The molecule has 0 radical (unpaired) electrons. The second-order valence-electron chi connectivity index (χ2n) is 7.00. The molecule has 0 saturated carbocycles. The van der Waals surface area contributed by atoms with Gasteiger partial charge in [-0.1, -0.05) is 12.1 Å². The SMILES string of the molecule is O=S(=O)(c1ccc(C2(C(F)(F)F)N=N2)cc1)N1CCN(c2c(F)cc(F)cc2F)CC1. The highest BCUT2D eigenvalue weighted by molar-refractivity contribution is 7.89. The maximum atomic E-state index is 14.0. The monoisotopic (exact) mass is 464 g/mol. The third-order valence-electron chi connectivity index (χ3n) is 5.13. The van der Waals surface area contributed by atoms with Crippen LogP contribution in [0.2, 0.25) is 0 Å². The molecule has 13 heteroatoms. The van der Waals surface area contributed by atoms with Crippen LogP contribution < -0.4 is 4.90 Å².